The third kappa shape index (κ3) is 4.38. The summed E-state index contributed by atoms with van der Waals surface area (Å²) in [6.07, 6.45) is 2.86. The fourth-order valence-corrected chi connectivity index (χ4v) is 2.35. The van der Waals surface area contributed by atoms with Crippen LogP contribution in [0.3, 0.4) is 0 Å². The molecule has 0 amide bonds. The zero-order valence-corrected chi connectivity index (χ0v) is 11.7. The van der Waals surface area contributed by atoms with Crippen LogP contribution in [0.5, 0.6) is 0 Å². The van der Waals surface area contributed by atoms with E-state index >= 15 is 0 Å². The third-order valence-corrected chi connectivity index (χ3v) is 3.66. The molecule has 1 heterocycles. The highest BCUT2D eigenvalue weighted by Crippen LogP contribution is 2.30. The summed E-state index contributed by atoms with van der Waals surface area (Å²) < 4.78 is 0. The predicted molar refractivity (Wildman–Crippen MR) is 77.8 cm³/mol. The molecule has 0 aliphatic rings. The molecule has 0 fully saturated rings. The van der Waals surface area contributed by atoms with Crippen molar-refractivity contribution in [3.8, 4) is 0 Å². The van der Waals surface area contributed by atoms with Crippen molar-refractivity contribution in [2.75, 3.05) is 17.7 Å². The molecule has 0 saturated carbocycles. The van der Waals surface area contributed by atoms with E-state index < -0.39 is 6.10 Å². The molecule has 1 atom stereocenters. The third-order valence-electron chi connectivity index (χ3n) is 2.34. The molecule has 2 aromatic rings. The molecule has 1 aromatic carbocycles. The van der Waals surface area contributed by atoms with Gasteiger partial charge >= 0.3 is 0 Å². The number of hydrogen-bond donors (Lipinski definition) is 2. The minimum Gasteiger partial charge on any atom is -0.390 e. The van der Waals surface area contributed by atoms with Crippen molar-refractivity contribution in [1.29, 1.82) is 0 Å². The number of anilines is 1. The Bertz CT molecular complexity index is 512. The van der Waals surface area contributed by atoms with Gasteiger partial charge in [0.2, 0.25) is 0 Å². The lowest BCUT2D eigenvalue weighted by Gasteiger charge is -2.13. The highest BCUT2D eigenvalue weighted by atomic mass is 35.5. The van der Waals surface area contributed by atoms with Crippen molar-refractivity contribution in [2.24, 2.45) is 0 Å². The normalized spacial score (nSPS) is 12.1. The Morgan fingerprint density at radius 3 is 2.68 bits per heavy atom. The van der Waals surface area contributed by atoms with Gasteiger partial charge in [0, 0.05) is 29.5 Å². The smallest absolute Gasteiger partial charge is 0.192 e. The van der Waals surface area contributed by atoms with Gasteiger partial charge in [-0.15, -0.1) is 11.6 Å². The van der Waals surface area contributed by atoms with Gasteiger partial charge in [0.05, 0.1) is 12.0 Å². The van der Waals surface area contributed by atoms with E-state index in [4.69, 9.17) is 11.6 Å². The topological polar surface area (TPSA) is 58.0 Å². The van der Waals surface area contributed by atoms with E-state index in [9.17, 15) is 5.11 Å². The second-order valence-electron chi connectivity index (χ2n) is 3.82. The summed E-state index contributed by atoms with van der Waals surface area (Å²) in [7, 11) is 0. The standard InChI is InChI=1S/C13H14ClN3OS/c14-8-10(18)9-17-11-4-1-2-5-12(11)19-13-15-6-3-7-16-13/h1-7,10,17-18H,8-9H2. The summed E-state index contributed by atoms with van der Waals surface area (Å²) in [5, 5.41) is 13.3. The molecule has 0 aliphatic heterocycles. The molecule has 0 spiro atoms. The van der Waals surface area contributed by atoms with Gasteiger partial charge in [0.15, 0.2) is 5.16 Å². The molecule has 0 aliphatic carbocycles. The summed E-state index contributed by atoms with van der Waals surface area (Å²) in [6, 6.07) is 9.60. The number of aliphatic hydroxyl groups is 1. The summed E-state index contributed by atoms with van der Waals surface area (Å²) in [6.45, 7) is 0.413. The van der Waals surface area contributed by atoms with Crippen molar-refractivity contribution in [3.63, 3.8) is 0 Å². The van der Waals surface area contributed by atoms with Crippen molar-refractivity contribution in [1.82, 2.24) is 9.97 Å². The van der Waals surface area contributed by atoms with Gasteiger partial charge in [-0.3, -0.25) is 0 Å². The summed E-state index contributed by atoms with van der Waals surface area (Å²) in [5.41, 5.74) is 0.934. The van der Waals surface area contributed by atoms with Crippen LogP contribution in [0.1, 0.15) is 0 Å². The number of aromatic nitrogens is 2. The average molecular weight is 296 g/mol. The first kappa shape index (κ1) is 14.1. The molecular weight excluding hydrogens is 282 g/mol. The van der Waals surface area contributed by atoms with Crippen molar-refractivity contribution in [3.05, 3.63) is 42.7 Å². The quantitative estimate of drug-likeness (QED) is 0.634. The molecule has 19 heavy (non-hydrogen) atoms. The molecule has 0 bridgehead atoms. The van der Waals surface area contributed by atoms with Crippen LogP contribution in [-0.2, 0) is 0 Å². The van der Waals surface area contributed by atoms with Crippen LogP contribution in [0.4, 0.5) is 5.69 Å². The predicted octanol–water partition coefficient (Wildman–Crippen LogP) is 2.64. The van der Waals surface area contributed by atoms with Gasteiger partial charge in [-0.2, -0.15) is 0 Å². The number of para-hydroxylation sites is 1. The fraction of sp³-hybridized carbons (Fsp3) is 0.231. The Hall–Kier alpha value is -1.30. The Labute approximate surface area is 121 Å². The van der Waals surface area contributed by atoms with Crippen molar-refractivity contribution >= 4 is 29.1 Å². The number of halogens is 1. The van der Waals surface area contributed by atoms with Gasteiger partial charge < -0.3 is 10.4 Å². The first-order chi connectivity index (χ1) is 9.29. The van der Waals surface area contributed by atoms with E-state index in [1.807, 2.05) is 24.3 Å². The second kappa shape index (κ2) is 7.33. The van der Waals surface area contributed by atoms with Crippen LogP contribution < -0.4 is 5.32 Å². The molecule has 2 N–H and O–H groups in total. The Morgan fingerprint density at radius 2 is 1.95 bits per heavy atom. The average Bonchev–Trinajstić information content (AvgIpc) is 2.47. The lowest BCUT2D eigenvalue weighted by Crippen LogP contribution is -2.20. The Kier molecular flexibility index (Phi) is 5.44. The molecule has 6 heteroatoms. The Morgan fingerprint density at radius 1 is 1.21 bits per heavy atom. The minimum atomic E-state index is -0.562. The molecule has 4 nitrogen and oxygen atoms in total. The van der Waals surface area contributed by atoms with Crippen LogP contribution in [-0.4, -0.2) is 33.6 Å². The van der Waals surface area contributed by atoms with E-state index in [2.05, 4.69) is 15.3 Å². The molecule has 1 aromatic heterocycles. The van der Waals surface area contributed by atoms with Gasteiger partial charge in [0.1, 0.15) is 0 Å². The monoisotopic (exact) mass is 295 g/mol. The first-order valence-corrected chi connectivity index (χ1v) is 7.16. The van der Waals surface area contributed by atoms with Crippen molar-refractivity contribution in [2.45, 2.75) is 16.2 Å². The van der Waals surface area contributed by atoms with Crippen LogP contribution in [0.15, 0.2) is 52.8 Å². The van der Waals surface area contributed by atoms with E-state index in [1.165, 1.54) is 11.8 Å². The van der Waals surface area contributed by atoms with E-state index in [0.29, 0.717) is 11.7 Å². The van der Waals surface area contributed by atoms with E-state index in [1.54, 1.807) is 18.5 Å². The highest BCUT2D eigenvalue weighted by Gasteiger charge is 2.07. The molecule has 1 unspecified atom stereocenters. The van der Waals surface area contributed by atoms with E-state index in [-0.39, 0.29) is 5.88 Å². The maximum absolute atomic E-state index is 9.47. The lowest BCUT2D eigenvalue weighted by atomic mass is 10.3. The highest BCUT2D eigenvalue weighted by molar-refractivity contribution is 7.99. The van der Waals surface area contributed by atoms with Gasteiger partial charge in [-0.1, -0.05) is 12.1 Å². The minimum absolute atomic E-state index is 0.212. The second-order valence-corrected chi connectivity index (χ2v) is 5.14. The van der Waals surface area contributed by atoms with Gasteiger partial charge in [-0.25, -0.2) is 9.97 Å². The van der Waals surface area contributed by atoms with Crippen molar-refractivity contribution < 1.29 is 5.11 Å². The number of rotatable bonds is 6. The molecule has 100 valence electrons. The fourth-order valence-electron chi connectivity index (χ4n) is 1.42. The van der Waals surface area contributed by atoms with Gasteiger partial charge in [0.25, 0.3) is 0 Å². The summed E-state index contributed by atoms with van der Waals surface area (Å²) in [4.78, 5) is 9.37. The summed E-state index contributed by atoms with van der Waals surface area (Å²) in [5.74, 6) is 0.212. The maximum atomic E-state index is 9.47. The first-order valence-electron chi connectivity index (χ1n) is 5.81. The number of alkyl halides is 1. The van der Waals surface area contributed by atoms with Crippen LogP contribution in [0, 0.1) is 0 Å². The van der Waals surface area contributed by atoms with Crippen LogP contribution in [0.2, 0.25) is 0 Å². The van der Waals surface area contributed by atoms with Crippen LogP contribution in [0.25, 0.3) is 0 Å². The number of benzene rings is 1. The molecule has 2 rings (SSSR count). The largest absolute Gasteiger partial charge is 0.390 e. The summed E-state index contributed by atoms with van der Waals surface area (Å²) >= 11 is 7.05. The number of nitrogens with zero attached hydrogens (tertiary/aromatic N) is 2. The number of nitrogens with one attached hydrogen (secondary N) is 1. The van der Waals surface area contributed by atoms with Crippen LogP contribution >= 0.6 is 23.4 Å². The number of aliphatic hydroxyl groups excluding tert-OH is 1. The molecular formula is C13H14ClN3OS. The lowest BCUT2D eigenvalue weighted by molar-refractivity contribution is 0.211. The maximum Gasteiger partial charge on any atom is 0.192 e. The van der Waals surface area contributed by atoms with E-state index in [0.717, 1.165) is 10.6 Å². The number of hydrogen-bond acceptors (Lipinski definition) is 5. The Balaban J connectivity index is 2.08. The zero-order valence-electron chi connectivity index (χ0n) is 10.2. The molecule has 0 radical (unpaired) electrons. The van der Waals surface area contributed by atoms with Gasteiger partial charge in [-0.05, 0) is 30.0 Å². The SMILES string of the molecule is OC(CCl)CNc1ccccc1Sc1ncccn1. The molecule has 0 saturated heterocycles. The zero-order chi connectivity index (χ0) is 13.5.